The summed E-state index contributed by atoms with van der Waals surface area (Å²) in [6.45, 7) is 0. The highest BCUT2D eigenvalue weighted by Crippen LogP contribution is 2.38. The maximum atomic E-state index is 12.7. The minimum Gasteiger partial charge on any atom is -0.464 e. The first kappa shape index (κ1) is 22.2. The van der Waals surface area contributed by atoms with Gasteiger partial charge in [-0.15, -0.1) is 0 Å². The zero-order chi connectivity index (χ0) is 21.8. The van der Waals surface area contributed by atoms with Crippen molar-refractivity contribution >= 4 is 23.3 Å². The Morgan fingerprint density at radius 2 is 1.83 bits per heavy atom. The quantitative estimate of drug-likeness (QED) is 0.271. The molecule has 156 valence electrons. The molecular weight excluding hydrogens is 423 g/mol. The summed E-state index contributed by atoms with van der Waals surface area (Å²) in [7, 11) is 2.19. The summed E-state index contributed by atoms with van der Waals surface area (Å²) >= 11 is 5.83. The molecule has 0 aromatic heterocycles. The van der Waals surface area contributed by atoms with E-state index in [1.54, 1.807) is 0 Å². The van der Waals surface area contributed by atoms with Gasteiger partial charge in [-0.2, -0.15) is 13.2 Å². The third kappa shape index (κ3) is 5.48. The molecule has 0 bridgehead atoms. The van der Waals surface area contributed by atoms with E-state index in [0.717, 1.165) is 38.5 Å². The van der Waals surface area contributed by atoms with Gasteiger partial charge in [0.1, 0.15) is 11.5 Å². The van der Waals surface area contributed by atoms with Crippen LogP contribution in [0.1, 0.15) is 5.56 Å². The number of nitro benzene ring substituents is 1. The smallest absolute Gasteiger partial charge is 0.416 e. The average molecular weight is 436 g/mol. The van der Waals surface area contributed by atoms with Gasteiger partial charge < -0.3 is 18.9 Å². The molecule has 0 fully saturated rings. The number of esters is 1. The van der Waals surface area contributed by atoms with E-state index < -0.39 is 40.4 Å². The highest BCUT2D eigenvalue weighted by molar-refractivity contribution is 6.32. The summed E-state index contributed by atoms with van der Waals surface area (Å²) in [6.07, 6.45) is -6.18. The molecule has 0 aliphatic carbocycles. The van der Waals surface area contributed by atoms with Gasteiger partial charge in [0.2, 0.25) is 5.75 Å². The average Bonchev–Trinajstić information content (AvgIpc) is 2.66. The number of rotatable bonds is 7. The van der Waals surface area contributed by atoms with Crippen molar-refractivity contribution in [1.82, 2.24) is 0 Å². The van der Waals surface area contributed by atoms with Crippen molar-refractivity contribution in [2.24, 2.45) is 0 Å². The van der Waals surface area contributed by atoms with Crippen LogP contribution in [-0.4, -0.2) is 31.4 Å². The van der Waals surface area contributed by atoms with Crippen molar-refractivity contribution in [3.8, 4) is 17.2 Å². The largest absolute Gasteiger partial charge is 0.464 e. The number of benzene rings is 2. The van der Waals surface area contributed by atoms with Crippen LogP contribution in [0.4, 0.5) is 18.9 Å². The van der Waals surface area contributed by atoms with Crippen LogP contribution in [-0.2, 0) is 20.4 Å². The molecule has 0 saturated carbocycles. The predicted octanol–water partition coefficient (Wildman–Crippen LogP) is 4.58. The van der Waals surface area contributed by atoms with Crippen LogP contribution in [0.2, 0.25) is 5.02 Å². The van der Waals surface area contributed by atoms with Gasteiger partial charge in [-0.05, 0) is 24.3 Å². The third-order valence-electron chi connectivity index (χ3n) is 3.46. The maximum absolute atomic E-state index is 12.7. The Labute approximate surface area is 166 Å². The number of hydrogen-bond acceptors (Lipinski definition) is 7. The number of methoxy groups -OCH3 is 2. The van der Waals surface area contributed by atoms with E-state index in [1.807, 2.05) is 0 Å². The van der Waals surface area contributed by atoms with E-state index in [4.69, 9.17) is 25.8 Å². The molecule has 1 atom stereocenters. The van der Waals surface area contributed by atoms with Gasteiger partial charge in [0, 0.05) is 19.2 Å². The lowest BCUT2D eigenvalue weighted by molar-refractivity contribution is -0.386. The number of ether oxygens (including phenoxy) is 4. The Balaban J connectivity index is 2.35. The Morgan fingerprint density at radius 3 is 2.34 bits per heavy atom. The standard InChI is InChI=1S/C17H13ClF3NO7/c1-26-15(23)16(27-2)29-14-8-10(4-5-12(14)22(24)25)28-13-6-3-9(7-11(13)18)17(19,20)21/h3-8,16H,1-2H3. The van der Waals surface area contributed by atoms with Crippen LogP contribution in [0, 0.1) is 10.1 Å². The SMILES string of the molecule is COC(=O)C(OC)Oc1cc(Oc2ccc(C(F)(F)F)cc2Cl)ccc1[N+](=O)[O-]. The molecule has 2 aromatic rings. The highest BCUT2D eigenvalue weighted by Gasteiger charge is 2.31. The molecule has 0 saturated heterocycles. The lowest BCUT2D eigenvalue weighted by Crippen LogP contribution is -2.30. The van der Waals surface area contributed by atoms with Crippen molar-refractivity contribution in [3.63, 3.8) is 0 Å². The van der Waals surface area contributed by atoms with Crippen LogP contribution in [0.25, 0.3) is 0 Å². The van der Waals surface area contributed by atoms with E-state index in [0.29, 0.717) is 6.07 Å². The highest BCUT2D eigenvalue weighted by atomic mass is 35.5. The van der Waals surface area contributed by atoms with Gasteiger partial charge in [-0.25, -0.2) is 4.79 Å². The number of alkyl halides is 3. The number of carbonyl (C=O) groups excluding carboxylic acids is 1. The lowest BCUT2D eigenvalue weighted by Gasteiger charge is -2.16. The number of nitro groups is 1. The molecule has 29 heavy (non-hydrogen) atoms. The third-order valence-corrected chi connectivity index (χ3v) is 3.75. The number of hydrogen-bond donors (Lipinski definition) is 0. The fraction of sp³-hybridized carbons (Fsp3) is 0.235. The molecule has 0 radical (unpaired) electrons. The number of nitrogens with zero attached hydrogens (tertiary/aromatic N) is 1. The van der Waals surface area contributed by atoms with E-state index >= 15 is 0 Å². The van der Waals surface area contributed by atoms with Gasteiger partial charge in [-0.1, -0.05) is 11.6 Å². The van der Waals surface area contributed by atoms with E-state index in [1.165, 1.54) is 6.07 Å². The summed E-state index contributed by atoms with van der Waals surface area (Å²) in [4.78, 5) is 22.0. The summed E-state index contributed by atoms with van der Waals surface area (Å²) < 4.78 is 58.0. The first-order valence-electron chi connectivity index (χ1n) is 7.67. The number of halogens is 4. The van der Waals surface area contributed by atoms with Crippen LogP contribution in [0.15, 0.2) is 36.4 Å². The van der Waals surface area contributed by atoms with Crippen molar-refractivity contribution in [2.75, 3.05) is 14.2 Å². The maximum Gasteiger partial charge on any atom is 0.416 e. The first-order chi connectivity index (χ1) is 13.6. The molecule has 2 aromatic carbocycles. The molecule has 1 unspecified atom stereocenters. The predicted molar refractivity (Wildman–Crippen MR) is 93.1 cm³/mol. The molecular formula is C17H13ClF3NO7. The van der Waals surface area contributed by atoms with Crippen LogP contribution in [0.5, 0.6) is 17.2 Å². The molecule has 0 aliphatic heterocycles. The molecule has 0 amide bonds. The molecule has 0 heterocycles. The molecule has 2 rings (SSSR count). The van der Waals surface area contributed by atoms with Gasteiger partial charge >= 0.3 is 17.8 Å². The summed E-state index contributed by atoms with van der Waals surface area (Å²) in [5.74, 6) is -1.52. The van der Waals surface area contributed by atoms with Crippen molar-refractivity contribution in [1.29, 1.82) is 0 Å². The molecule has 12 heteroatoms. The van der Waals surface area contributed by atoms with E-state index in [-0.39, 0.29) is 16.5 Å². The van der Waals surface area contributed by atoms with E-state index in [9.17, 15) is 28.1 Å². The van der Waals surface area contributed by atoms with Crippen LogP contribution in [0.3, 0.4) is 0 Å². The molecule has 0 spiro atoms. The summed E-state index contributed by atoms with van der Waals surface area (Å²) in [5, 5.41) is 10.9. The second kappa shape index (κ2) is 8.97. The Hall–Kier alpha value is -3.05. The zero-order valence-electron chi connectivity index (χ0n) is 14.9. The van der Waals surface area contributed by atoms with Crippen molar-refractivity contribution in [2.45, 2.75) is 12.5 Å². The number of carbonyl (C=O) groups is 1. The Kier molecular flexibility index (Phi) is 6.88. The van der Waals surface area contributed by atoms with Gasteiger partial charge in [0.15, 0.2) is 0 Å². The van der Waals surface area contributed by atoms with E-state index in [2.05, 4.69) is 4.74 Å². The van der Waals surface area contributed by atoms with Gasteiger partial charge in [0.05, 0.1) is 22.6 Å². The monoisotopic (exact) mass is 435 g/mol. The summed E-state index contributed by atoms with van der Waals surface area (Å²) in [6, 6.07) is 5.70. The van der Waals surface area contributed by atoms with Crippen LogP contribution >= 0.6 is 11.6 Å². The second-order valence-corrected chi connectivity index (χ2v) is 5.75. The first-order valence-corrected chi connectivity index (χ1v) is 8.05. The minimum atomic E-state index is -4.58. The zero-order valence-corrected chi connectivity index (χ0v) is 15.6. The Morgan fingerprint density at radius 1 is 1.14 bits per heavy atom. The topological polar surface area (TPSA) is 97.1 Å². The minimum absolute atomic E-state index is 0.0491. The lowest BCUT2D eigenvalue weighted by atomic mass is 10.2. The second-order valence-electron chi connectivity index (χ2n) is 5.34. The van der Waals surface area contributed by atoms with Crippen molar-refractivity contribution < 1.29 is 41.8 Å². The van der Waals surface area contributed by atoms with Gasteiger partial charge in [-0.3, -0.25) is 10.1 Å². The molecule has 0 aliphatic rings. The molecule has 0 N–H and O–H groups in total. The fourth-order valence-corrected chi connectivity index (χ4v) is 2.31. The summed E-state index contributed by atoms with van der Waals surface area (Å²) in [5.41, 5.74) is -1.48. The van der Waals surface area contributed by atoms with Gasteiger partial charge in [0.25, 0.3) is 6.29 Å². The van der Waals surface area contributed by atoms with Crippen LogP contribution < -0.4 is 9.47 Å². The normalized spacial score (nSPS) is 12.2. The Bertz CT molecular complexity index is 920. The van der Waals surface area contributed by atoms with Crippen molar-refractivity contribution in [3.05, 3.63) is 57.1 Å². The molecule has 8 nitrogen and oxygen atoms in total. The fourth-order valence-electron chi connectivity index (χ4n) is 2.09.